The first-order valence-corrected chi connectivity index (χ1v) is 7.14. The normalized spacial score (nSPS) is 20.0. The van der Waals surface area contributed by atoms with Gasteiger partial charge in [0.15, 0.2) is 0 Å². The molecule has 2 rings (SSSR count). The van der Waals surface area contributed by atoms with Gasteiger partial charge in [0.05, 0.1) is 12.8 Å². The highest BCUT2D eigenvalue weighted by molar-refractivity contribution is 5.91. The summed E-state index contributed by atoms with van der Waals surface area (Å²) in [5.74, 6) is 0.658. The van der Waals surface area contributed by atoms with E-state index >= 15 is 0 Å². The number of ether oxygens (including phenoxy) is 1. The summed E-state index contributed by atoms with van der Waals surface area (Å²) in [5.41, 5.74) is 0.677. The summed E-state index contributed by atoms with van der Waals surface area (Å²) in [4.78, 5) is 12.0. The summed E-state index contributed by atoms with van der Waals surface area (Å²) in [7, 11) is 1.59. The minimum Gasteiger partial charge on any atom is -0.495 e. The summed E-state index contributed by atoms with van der Waals surface area (Å²) < 4.78 is 5.21. The molecule has 1 saturated heterocycles. The van der Waals surface area contributed by atoms with E-state index in [4.69, 9.17) is 4.74 Å². The molecule has 1 aliphatic rings. The van der Waals surface area contributed by atoms with E-state index in [2.05, 4.69) is 16.0 Å². The third kappa shape index (κ3) is 3.87. The van der Waals surface area contributed by atoms with Crippen molar-refractivity contribution in [2.75, 3.05) is 19.0 Å². The van der Waals surface area contributed by atoms with Crippen LogP contribution in [-0.2, 0) is 0 Å². The third-order valence-electron chi connectivity index (χ3n) is 3.67. The molecule has 0 aliphatic carbocycles. The first-order valence-electron chi connectivity index (χ1n) is 7.14. The monoisotopic (exact) mass is 277 g/mol. The molecule has 5 heteroatoms. The topological polar surface area (TPSA) is 62.4 Å². The number of hydrogen-bond acceptors (Lipinski definition) is 3. The number of carbonyl (C=O) groups is 1. The lowest BCUT2D eigenvalue weighted by Gasteiger charge is -2.29. The summed E-state index contributed by atoms with van der Waals surface area (Å²) in [6, 6.07) is 7.64. The van der Waals surface area contributed by atoms with Gasteiger partial charge in [0.1, 0.15) is 5.75 Å². The lowest BCUT2D eigenvalue weighted by Crippen LogP contribution is -2.51. The van der Waals surface area contributed by atoms with Crippen LogP contribution in [0.1, 0.15) is 26.2 Å². The Hall–Kier alpha value is -1.75. The van der Waals surface area contributed by atoms with E-state index in [1.807, 2.05) is 31.2 Å². The molecule has 0 bridgehead atoms. The van der Waals surface area contributed by atoms with Crippen molar-refractivity contribution in [3.05, 3.63) is 24.3 Å². The molecule has 0 saturated carbocycles. The van der Waals surface area contributed by atoms with Crippen molar-refractivity contribution in [1.29, 1.82) is 0 Å². The average molecular weight is 277 g/mol. The highest BCUT2D eigenvalue weighted by atomic mass is 16.5. The zero-order valence-electron chi connectivity index (χ0n) is 12.1. The molecule has 0 aromatic heterocycles. The molecule has 1 aromatic rings. The second kappa shape index (κ2) is 7.14. The van der Waals surface area contributed by atoms with Gasteiger partial charge >= 0.3 is 6.03 Å². The van der Waals surface area contributed by atoms with Crippen LogP contribution in [0.15, 0.2) is 24.3 Å². The number of para-hydroxylation sites is 2. The largest absolute Gasteiger partial charge is 0.495 e. The Kier molecular flexibility index (Phi) is 5.24. The van der Waals surface area contributed by atoms with Gasteiger partial charge < -0.3 is 20.7 Å². The van der Waals surface area contributed by atoms with Crippen molar-refractivity contribution in [3.8, 4) is 5.75 Å². The van der Waals surface area contributed by atoms with Crippen LogP contribution >= 0.6 is 0 Å². The summed E-state index contributed by atoms with van der Waals surface area (Å²) >= 11 is 0. The minimum absolute atomic E-state index is 0.102. The molecular formula is C15H23N3O2. The standard InChI is InChI=1S/C15H23N3O2/c1-11(12-7-5-6-10-16-12)17-15(19)18-13-8-3-4-9-14(13)20-2/h3-4,8-9,11-12,16H,5-7,10H2,1-2H3,(H2,17,18,19). The van der Waals surface area contributed by atoms with Crippen LogP contribution < -0.4 is 20.7 Å². The number of hydrogen-bond donors (Lipinski definition) is 3. The Labute approximate surface area is 120 Å². The fraction of sp³-hybridized carbons (Fsp3) is 0.533. The predicted molar refractivity (Wildman–Crippen MR) is 80.3 cm³/mol. The summed E-state index contributed by atoms with van der Waals surface area (Å²) in [5, 5.41) is 9.25. The Bertz CT molecular complexity index is 444. The Balaban J connectivity index is 1.88. The Morgan fingerprint density at radius 1 is 1.40 bits per heavy atom. The number of piperidine rings is 1. The maximum atomic E-state index is 12.0. The number of methoxy groups -OCH3 is 1. The maximum absolute atomic E-state index is 12.0. The Morgan fingerprint density at radius 2 is 2.20 bits per heavy atom. The molecule has 2 amide bonds. The van der Waals surface area contributed by atoms with Gasteiger partial charge in [0, 0.05) is 12.1 Å². The first-order chi connectivity index (χ1) is 9.70. The van der Waals surface area contributed by atoms with Crippen LogP contribution in [0, 0.1) is 0 Å². The van der Waals surface area contributed by atoms with Gasteiger partial charge in [-0.1, -0.05) is 18.6 Å². The molecule has 2 unspecified atom stereocenters. The number of amides is 2. The zero-order chi connectivity index (χ0) is 14.4. The van der Waals surface area contributed by atoms with Crippen LogP contribution in [0.4, 0.5) is 10.5 Å². The Morgan fingerprint density at radius 3 is 2.90 bits per heavy atom. The number of carbonyl (C=O) groups excluding carboxylic acids is 1. The molecule has 1 aromatic carbocycles. The van der Waals surface area contributed by atoms with E-state index < -0.39 is 0 Å². The van der Waals surface area contributed by atoms with Crippen molar-refractivity contribution in [3.63, 3.8) is 0 Å². The summed E-state index contributed by atoms with van der Waals surface area (Å²) in [6.07, 6.45) is 3.55. The summed E-state index contributed by atoms with van der Waals surface area (Å²) in [6.45, 7) is 3.07. The van der Waals surface area contributed by atoms with E-state index in [1.54, 1.807) is 7.11 Å². The van der Waals surface area contributed by atoms with Gasteiger partial charge in [0.25, 0.3) is 0 Å². The average Bonchev–Trinajstić information content (AvgIpc) is 2.48. The quantitative estimate of drug-likeness (QED) is 0.791. The van der Waals surface area contributed by atoms with Crippen LogP contribution in [0.25, 0.3) is 0 Å². The molecule has 110 valence electrons. The first kappa shape index (κ1) is 14.7. The number of benzene rings is 1. The van der Waals surface area contributed by atoms with Gasteiger partial charge in [-0.2, -0.15) is 0 Å². The number of nitrogens with one attached hydrogen (secondary N) is 3. The van der Waals surface area contributed by atoms with Gasteiger partial charge in [-0.05, 0) is 38.4 Å². The minimum atomic E-state index is -0.200. The zero-order valence-corrected chi connectivity index (χ0v) is 12.1. The van der Waals surface area contributed by atoms with E-state index in [0.717, 1.165) is 13.0 Å². The molecule has 3 N–H and O–H groups in total. The van der Waals surface area contributed by atoms with Crippen molar-refractivity contribution in [1.82, 2.24) is 10.6 Å². The number of urea groups is 1. The molecule has 5 nitrogen and oxygen atoms in total. The lowest BCUT2D eigenvalue weighted by molar-refractivity contribution is 0.242. The highest BCUT2D eigenvalue weighted by Gasteiger charge is 2.21. The van der Waals surface area contributed by atoms with Crippen molar-refractivity contribution >= 4 is 11.7 Å². The van der Waals surface area contributed by atoms with Gasteiger partial charge in [-0.25, -0.2) is 4.79 Å². The molecule has 1 aliphatic heterocycles. The van der Waals surface area contributed by atoms with E-state index in [9.17, 15) is 4.79 Å². The molecule has 0 spiro atoms. The molecular weight excluding hydrogens is 254 g/mol. The van der Waals surface area contributed by atoms with Crippen LogP contribution in [0.3, 0.4) is 0 Å². The van der Waals surface area contributed by atoms with E-state index in [0.29, 0.717) is 17.5 Å². The van der Waals surface area contributed by atoms with Crippen LogP contribution in [-0.4, -0.2) is 31.8 Å². The second-order valence-corrected chi connectivity index (χ2v) is 5.14. The molecule has 1 heterocycles. The molecule has 0 radical (unpaired) electrons. The van der Waals surface area contributed by atoms with Gasteiger partial charge in [-0.15, -0.1) is 0 Å². The number of anilines is 1. The number of rotatable bonds is 4. The fourth-order valence-corrected chi connectivity index (χ4v) is 2.52. The van der Waals surface area contributed by atoms with E-state index in [1.165, 1.54) is 12.8 Å². The molecule has 2 atom stereocenters. The van der Waals surface area contributed by atoms with Crippen LogP contribution in [0.5, 0.6) is 5.75 Å². The van der Waals surface area contributed by atoms with Gasteiger partial charge in [-0.3, -0.25) is 0 Å². The lowest BCUT2D eigenvalue weighted by atomic mass is 9.99. The molecule has 1 fully saturated rings. The van der Waals surface area contributed by atoms with Crippen molar-refractivity contribution in [2.24, 2.45) is 0 Å². The van der Waals surface area contributed by atoms with Gasteiger partial charge in [0.2, 0.25) is 0 Å². The SMILES string of the molecule is COc1ccccc1NC(=O)NC(C)C1CCCCN1. The predicted octanol–water partition coefficient (Wildman–Crippen LogP) is 2.35. The van der Waals surface area contributed by atoms with Crippen LogP contribution in [0.2, 0.25) is 0 Å². The maximum Gasteiger partial charge on any atom is 0.319 e. The fourth-order valence-electron chi connectivity index (χ4n) is 2.52. The second-order valence-electron chi connectivity index (χ2n) is 5.14. The third-order valence-corrected chi connectivity index (χ3v) is 3.67. The molecule has 20 heavy (non-hydrogen) atoms. The smallest absolute Gasteiger partial charge is 0.319 e. The van der Waals surface area contributed by atoms with Crippen molar-refractivity contribution < 1.29 is 9.53 Å². The van der Waals surface area contributed by atoms with E-state index in [-0.39, 0.29) is 12.1 Å². The van der Waals surface area contributed by atoms with Crippen molar-refractivity contribution in [2.45, 2.75) is 38.3 Å². The highest BCUT2D eigenvalue weighted by Crippen LogP contribution is 2.22.